The molecule has 5 nitrogen and oxygen atoms in total. The Labute approximate surface area is 127 Å². The van der Waals surface area contributed by atoms with Crippen LogP contribution in [0.1, 0.15) is 18.1 Å². The van der Waals surface area contributed by atoms with Gasteiger partial charge in [0.25, 0.3) is 0 Å². The fourth-order valence-corrected chi connectivity index (χ4v) is 2.63. The zero-order chi connectivity index (χ0) is 15.6. The molecule has 1 aliphatic rings. The number of nitrogens with zero attached hydrogens (tertiary/aromatic N) is 3. The fraction of sp³-hybridized carbons (Fsp3) is 0.562. The van der Waals surface area contributed by atoms with E-state index in [9.17, 15) is 0 Å². The van der Waals surface area contributed by atoms with Crippen LogP contribution in [0.4, 0.5) is 0 Å². The minimum atomic E-state index is 0.238. The second-order valence-electron chi connectivity index (χ2n) is 5.81. The maximum atomic E-state index is 5.82. The van der Waals surface area contributed by atoms with Gasteiger partial charge in [-0.1, -0.05) is 0 Å². The highest BCUT2D eigenvalue weighted by Gasteiger charge is 2.21. The quantitative estimate of drug-likeness (QED) is 0.630. The van der Waals surface area contributed by atoms with Crippen LogP contribution < -0.4 is 9.47 Å². The van der Waals surface area contributed by atoms with Crippen LogP contribution in [0.25, 0.3) is 0 Å². The van der Waals surface area contributed by atoms with Crippen molar-refractivity contribution in [2.24, 2.45) is 4.99 Å². The van der Waals surface area contributed by atoms with Gasteiger partial charge in [0.2, 0.25) is 0 Å². The van der Waals surface area contributed by atoms with E-state index in [1.165, 1.54) is 5.56 Å². The molecule has 1 atom stereocenters. The second-order valence-corrected chi connectivity index (χ2v) is 5.81. The molecule has 1 aromatic carbocycles. The predicted octanol–water partition coefficient (Wildman–Crippen LogP) is 2.00. The van der Waals surface area contributed by atoms with E-state index in [1.54, 1.807) is 7.11 Å². The summed E-state index contributed by atoms with van der Waals surface area (Å²) in [6.07, 6.45) is 1.18. The average Bonchev–Trinajstić information content (AvgIpc) is 2.76. The molecule has 1 aromatic rings. The molecule has 5 heteroatoms. The van der Waals surface area contributed by atoms with Crippen molar-refractivity contribution in [1.82, 2.24) is 9.80 Å². The summed E-state index contributed by atoms with van der Waals surface area (Å²) in [5.74, 6) is 2.77. The number of aliphatic imine (C=N–C) groups is 1. The van der Waals surface area contributed by atoms with Crippen LogP contribution in [-0.4, -0.2) is 57.2 Å². The molecule has 1 heterocycles. The fourth-order valence-electron chi connectivity index (χ4n) is 2.63. The van der Waals surface area contributed by atoms with Crippen molar-refractivity contribution in [3.05, 3.63) is 23.3 Å². The van der Waals surface area contributed by atoms with E-state index in [4.69, 9.17) is 9.47 Å². The Morgan fingerprint density at radius 1 is 1.29 bits per heavy atom. The molecule has 0 fully saturated rings. The molecule has 0 bridgehead atoms. The lowest BCUT2D eigenvalue weighted by Crippen LogP contribution is -2.35. The first-order chi connectivity index (χ1) is 9.92. The van der Waals surface area contributed by atoms with Crippen molar-refractivity contribution in [2.45, 2.75) is 26.0 Å². The van der Waals surface area contributed by atoms with E-state index < -0.39 is 0 Å². The van der Waals surface area contributed by atoms with E-state index in [-0.39, 0.29) is 6.10 Å². The maximum absolute atomic E-state index is 5.82. The van der Waals surface area contributed by atoms with Crippen LogP contribution in [0.15, 0.2) is 17.1 Å². The van der Waals surface area contributed by atoms with Gasteiger partial charge in [-0.25, -0.2) is 4.99 Å². The number of guanidine groups is 1. The molecular weight excluding hydrogens is 266 g/mol. The van der Waals surface area contributed by atoms with Gasteiger partial charge in [0.15, 0.2) is 5.96 Å². The van der Waals surface area contributed by atoms with Gasteiger partial charge < -0.3 is 19.3 Å². The predicted molar refractivity (Wildman–Crippen MR) is 85.3 cm³/mol. The van der Waals surface area contributed by atoms with Gasteiger partial charge in [0, 0.05) is 45.7 Å². The third-order valence-corrected chi connectivity index (χ3v) is 3.49. The molecule has 0 N–H and O–H groups in total. The minimum absolute atomic E-state index is 0.238. The van der Waals surface area contributed by atoms with Crippen molar-refractivity contribution in [1.29, 1.82) is 0 Å². The molecule has 0 saturated heterocycles. The van der Waals surface area contributed by atoms with Gasteiger partial charge >= 0.3 is 0 Å². The topological polar surface area (TPSA) is 37.3 Å². The maximum Gasteiger partial charge on any atom is 0.195 e. The van der Waals surface area contributed by atoms with E-state index in [0.717, 1.165) is 29.4 Å². The number of hydrogen-bond acceptors (Lipinski definition) is 3. The molecule has 0 saturated carbocycles. The number of fused-ring (bicyclic) bond motifs is 1. The molecule has 0 spiro atoms. The minimum Gasteiger partial charge on any atom is -0.496 e. The second kappa shape index (κ2) is 6.24. The van der Waals surface area contributed by atoms with E-state index in [1.807, 2.05) is 38.0 Å². The third-order valence-electron chi connectivity index (χ3n) is 3.49. The van der Waals surface area contributed by atoms with Crippen LogP contribution in [0.2, 0.25) is 0 Å². The van der Waals surface area contributed by atoms with Crippen molar-refractivity contribution >= 4 is 5.96 Å². The van der Waals surface area contributed by atoms with E-state index >= 15 is 0 Å². The smallest absolute Gasteiger partial charge is 0.195 e. The molecule has 0 aromatic heterocycles. The van der Waals surface area contributed by atoms with Crippen molar-refractivity contribution < 1.29 is 9.47 Å². The first-order valence-electron chi connectivity index (χ1n) is 7.18. The standard InChI is InChI=1S/C16H25N3O2/c1-11-7-12-8-14(20-6)13(9-15(12)21-11)10-17-16(18(2)3)19(4)5/h8-9,11H,7,10H2,1-6H3. The molecule has 1 aliphatic heterocycles. The van der Waals surface area contributed by atoms with Crippen LogP contribution in [0.3, 0.4) is 0 Å². The third kappa shape index (κ3) is 3.40. The number of benzene rings is 1. The lowest BCUT2D eigenvalue weighted by molar-refractivity contribution is 0.254. The average molecular weight is 291 g/mol. The SMILES string of the molecule is COc1cc2c(cc1CN=C(N(C)C)N(C)C)OC(C)C2. The molecular formula is C16H25N3O2. The summed E-state index contributed by atoms with van der Waals surface area (Å²) in [5, 5.41) is 0. The lowest BCUT2D eigenvalue weighted by atomic mass is 10.1. The zero-order valence-electron chi connectivity index (χ0n) is 13.8. The van der Waals surface area contributed by atoms with Crippen LogP contribution in [0.5, 0.6) is 11.5 Å². The van der Waals surface area contributed by atoms with Gasteiger partial charge in [-0.2, -0.15) is 0 Å². The van der Waals surface area contributed by atoms with Crippen LogP contribution in [0, 0.1) is 0 Å². The zero-order valence-corrected chi connectivity index (χ0v) is 13.8. The highest BCUT2D eigenvalue weighted by atomic mass is 16.5. The van der Waals surface area contributed by atoms with Gasteiger partial charge in [-0.3, -0.25) is 0 Å². The molecule has 1 unspecified atom stereocenters. The monoisotopic (exact) mass is 291 g/mol. The Hall–Kier alpha value is -1.91. The molecule has 0 amide bonds. The summed E-state index contributed by atoms with van der Waals surface area (Å²) in [6, 6.07) is 4.14. The number of methoxy groups -OCH3 is 1. The summed E-state index contributed by atoms with van der Waals surface area (Å²) in [7, 11) is 9.66. The Balaban J connectivity index is 2.28. The summed E-state index contributed by atoms with van der Waals surface area (Å²) >= 11 is 0. The van der Waals surface area contributed by atoms with Crippen molar-refractivity contribution in [3.8, 4) is 11.5 Å². The Morgan fingerprint density at radius 2 is 1.95 bits per heavy atom. The van der Waals surface area contributed by atoms with Gasteiger partial charge in [0.1, 0.15) is 17.6 Å². The number of rotatable bonds is 3. The van der Waals surface area contributed by atoms with Crippen molar-refractivity contribution in [2.75, 3.05) is 35.3 Å². The molecule has 0 radical (unpaired) electrons. The van der Waals surface area contributed by atoms with E-state index in [2.05, 4.69) is 24.0 Å². The van der Waals surface area contributed by atoms with E-state index in [0.29, 0.717) is 6.54 Å². The Morgan fingerprint density at radius 3 is 2.52 bits per heavy atom. The summed E-state index contributed by atoms with van der Waals surface area (Å²) in [4.78, 5) is 8.68. The van der Waals surface area contributed by atoms with Crippen LogP contribution >= 0.6 is 0 Å². The highest BCUT2D eigenvalue weighted by molar-refractivity contribution is 5.79. The first-order valence-corrected chi connectivity index (χ1v) is 7.18. The van der Waals surface area contributed by atoms with Crippen molar-refractivity contribution in [3.63, 3.8) is 0 Å². The summed E-state index contributed by atoms with van der Waals surface area (Å²) < 4.78 is 11.3. The lowest BCUT2D eigenvalue weighted by Gasteiger charge is -2.22. The highest BCUT2D eigenvalue weighted by Crippen LogP contribution is 2.35. The molecule has 0 aliphatic carbocycles. The number of hydrogen-bond donors (Lipinski definition) is 0. The summed E-state index contributed by atoms with van der Waals surface area (Å²) in [5.41, 5.74) is 2.26. The number of ether oxygens (including phenoxy) is 2. The Bertz CT molecular complexity index is 529. The first kappa shape index (κ1) is 15.5. The van der Waals surface area contributed by atoms with Crippen LogP contribution in [-0.2, 0) is 13.0 Å². The van der Waals surface area contributed by atoms with Gasteiger partial charge in [-0.15, -0.1) is 0 Å². The summed E-state index contributed by atoms with van der Waals surface area (Å²) in [6.45, 7) is 2.65. The largest absolute Gasteiger partial charge is 0.496 e. The van der Waals surface area contributed by atoms with Gasteiger partial charge in [-0.05, 0) is 19.1 Å². The normalized spacial score (nSPS) is 16.0. The molecule has 21 heavy (non-hydrogen) atoms. The molecule has 116 valence electrons. The van der Waals surface area contributed by atoms with Gasteiger partial charge in [0.05, 0.1) is 13.7 Å². The molecule has 2 rings (SSSR count). The Kier molecular flexibility index (Phi) is 4.60.